The van der Waals surface area contributed by atoms with E-state index >= 15 is 0 Å². The van der Waals surface area contributed by atoms with Crippen molar-refractivity contribution >= 4 is 33.5 Å². The number of hydrogen-bond acceptors (Lipinski definition) is 5. The van der Waals surface area contributed by atoms with Gasteiger partial charge in [-0.25, -0.2) is 4.99 Å². The number of hydrogen-bond donors (Lipinski definition) is 0. The summed E-state index contributed by atoms with van der Waals surface area (Å²) in [6.45, 7) is 4.37. The Balaban J connectivity index is 2.92. The lowest BCUT2D eigenvalue weighted by atomic mass is 10.3. The molecule has 0 radical (unpaired) electrons. The van der Waals surface area contributed by atoms with E-state index in [-0.39, 0.29) is 12.4 Å². The Labute approximate surface area is 127 Å². The quantitative estimate of drug-likeness (QED) is 0.450. The molecule has 0 unspecified atom stereocenters. The van der Waals surface area contributed by atoms with Crippen LogP contribution < -0.4 is 4.74 Å². The van der Waals surface area contributed by atoms with Gasteiger partial charge < -0.3 is 14.2 Å². The van der Waals surface area contributed by atoms with Crippen LogP contribution in [0.2, 0.25) is 0 Å². The summed E-state index contributed by atoms with van der Waals surface area (Å²) in [4.78, 5) is 15.8. The molecular formula is C14H18BrNO4. The lowest BCUT2D eigenvalue weighted by Crippen LogP contribution is -2.14. The highest BCUT2D eigenvalue weighted by Crippen LogP contribution is 2.29. The number of carbonyl (C=O) groups excluding carboxylic acids is 1. The largest absolute Gasteiger partial charge is 0.495 e. The predicted octanol–water partition coefficient (Wildman–Crippen LogP) is 3.48. The molecule has 0 aliphatic carbocycles. The second-order valence-electron chi connectivity index (χ2n) is 3.74. The molecule has 1 rings (SSSR count). The highest BCUT2D eigenvalue weighted by Gasteiger charge is 2.10. The number of esters is 1. The van der Waals surface area contributed by atoms with E-state index in [2.05, 4.69) is 20.9 Å². The Kier molecular flexibility index (Phi) is 7.08. The number of halogens is 1. The molecule has 110 valence electrons. The molecule has 0 saturated carbocycles. The van der Waals surface area contributed by atoms with Crippen molar-refractivity contribution in [3.63, 3.8) is 0 Å². The lowest BCUT2D eigenvalue weighted by Gasteiger charge is -2.08. The third-order valence-corrected chi connectivity index (χ3v) is 2.96. The maximum absolute atomic E-state index is 11.5. The van der Waals surface area contributed by atoms with Gasteiger partial charge in [0.2, 0.25) is 0 Å². The summed E-state index contributed by atoms with van der Waals surface area (Å²) in [5.41, 5.74) is 0.651. The van der Waals surface area contributed by atoms with Crippen molar-refractivity contribution in [1.29, 1.82) is 0 Å². The van der Waals surface area contributed by atoms with Crippen molar-refractivity contribution < 1.29 is 19.0 Å². The summed E-state index contributed by atoms with van der Waals surface area (Å²) < 4.78 is 16.3. The number of nitrogens with zero attached hydrogens (tertiary/aromatic N) is 1. The lowest BCUT2D eigenvalue weighted by molar-refractivity contribution is -0.141. The highest BCUT2D eigenvalue weighted by atomic mass is 79.9. The summed E-state index contributed by atoms with van der Waals surface area (Å²) in [6.07, 6.45) is 0.0139. The molecule has 6 heteroatoms. The van der Waals surface area contributed by atoms with Gasteiger partial charge in [-0.15, -0.1) is 0 Å². The SMILES string of the molecule is CCOC(=O)C/C(=N\c1ccc(Br)c(OC)c1)OCC. The van der Waals surface area contributed by atoms with Gasteiger partial charge in [0.15, 0.2) is 5.90 Å². The van der Waals surface area contributed by atoms with E-state index in [0.29, 0.717) is 30.5 Å². The minimum absolute atomic E-state index is 0.0139. The van der Waals surface area contributed by atoms with Gasteiger partial charge in [0.25, 0.3) is 0 Å². The van der Waals surface area contributed by atoms with Crippen LogP contribution in [0.3, 0.4) is 0 Å². The number of ether oxygens (including phenoxy) is 3. The number of benzene rings is 1. The molecule has 5 nitrogen and oxygen atoms in total. The van der Waals surface area contributed by atoms with Crippen LogP contribution in [0.15, 0.2) is 27.7 Å². The van der Waals surface area contributed by atoms with Crippen LogP contribution in [0.4, 0.5) is 5.69 Å². The standard InChI is InChI=1S/C14H18BrNO4/c1-4-19-13(9-14(17)20-5-2)16-10-6-7-11(15)12(8-10)18-3/h6-8H,4-5,9H2,1-3H3/b16-13+. The average Bonchev–Trinajstić information content (AvgIpc) is 2.41. The minimum Gasteiger partial charge on any atom is -0.495 e. The van der Waals surface area contributed by atoms with Crippen LogP contribution in [0.1, 0.15) is 20.3 Å². The molecule has 0 N–H and O–H groups in total. The summed E-state index contributed by atoms with van der Waals surface area (Å²) in [7, 11) is 1.58. The molecule has 0 aliphatic heterocycles. The number of aliphatic imine (C=N–C) groups is 1. The molecular weight excluding hydrogens is 326 g/mol. The fourth-order valence-corrected chi connectivity index (χ4v) is 1.90. The predicted molar refractivity (Wildman–Crippen MR) is 80.7 cm³/mol. The first kappa shape index (κ1) is 16.5. The van der Waals surface area contributed by atoms with Gasteiger partial charge >= 0.3 is 5.97 Å². The second-order valence-corrected chi connectivity index (χ2v) is 4.59. The third kappa shape index (κ3) is 5.21. The minimum atomic E-state index is -0.358. The Morgan fingerprint density at radius 3 is 2.55 bits per heavy atom. The fraction of sp³-hybridized carbons (Fsp3) is 0.429. The van der Waals surface area contributed by atoms with Crippen molar-refractivity contribution in [3.8, 4) is 5.75 Å². The Morgan fingerprint density at radius 2 is 1.95 bits per heavy atom. The molecule has 0 atom stereocenters. The number of carbonyl (C=O) groups is 1. The molecule has 0 aliphatic rings. The first-order valence-electron chi connectivity index (χ1n) is 6.30. The number of methoxy groups -OCH3 is 1. The maximum atomic E-state index is 11.5. The summed E-state index contributed by atoms with van der Waals surface area (Å²) >= 11 is 3.37. The Morgan fingerprint density at radius 1 is 1.25 bits per heavy atom. The van der Waals surface area contributed by atoms with Gasteiger partial charge in [-0.05, 0) is 41.9 Å². The molecule has 1 aromatic carbocycles. The molecule has 0 heterocycles. The first-order chi connectivity index (χ1) is 9.60. The molecule has 0 amide bonds. The van der Waals surface area contributed by atoms with Crippen LogP contribution in [0.25, 0.3) is 0 Å². The topological polar surface area (TPSA) is 57.1 Å². The van der Waals surface area contributed by atoms with Crippen LogP contribution in [0.5, 0.6) is 5.75 Å². The summed E-state index contributed by atoms with van der Waals surface area (Å²) in [5, 5.41) is 0. The van der Waals surface area contributed by atoms with Crippen molar-refractivity contribution in [2.75, 3.05) is 20.3 Å². The van der Waals surface area contributed by atoms with E-state index in [1.165, 1.54) is 0 Å². The van der Waals surface area contributed by atoms with Crippen molar-refractivity contribution in [3.05, 3.63) is 22.7 Å². The third-order valence-electron chi connectivity index (χ3n) is 2.30. The summed E-state index contributed by atoms with van der Waals surface area (Å²) in [6, 6.07) is 5.39. The van der Waals surface area contributed by atoms with Gasteiger partial charge in [0.05, 0.1) is 30.5 Å². The molecule has 0 fully saturated rings. The van der Waals surface area contributed by atoms with Gasteiger partial charge in [-0.1, -0.05) is 0 Å². The zero-order valence-corrected chi connectivity index (χ0v) is 13.4. The van der Waals surface area contributed by atoms with E-state index < -0.39 is 0 Å². The fourth-order valence-electron chi connectivity index (χ4n) is 1.49. The molecule has 20 heavy (non-hydrogen) atoms. The van der Waals surface area contributed by atoms with E-state index in [4.69, 9.17) is 14.2 Å². The van der Waals surface area contributed by atoms with E-state index in [1.807, 2.05) is 13.0 Å². The van der Waals surface area contributed by atoms with Gasteiger partial charge in [-0.3, -0.25) is 4.79 Å². The van der Waals surface area contributed by atoms with E-state index in [1.54, 1.807) is 26.2 Å². The molecule has 0 aromatic heterocycles. The zero-order chi connectivity index (χ0) is 15.0. The van der Waals surface area contributed by atoms with E-state index in [9.17, 15) is 4.79 Å². The van der Waals surface area contributed by atoms with Crippen molar-refractivity contribution in [1.82, 2.24) is 0 Å². The maximum Gasteiger partial charge on any atom is 0.315 e. The molecule has 0 saturated heterocycles. The normalized spacial score (nSPS) is 11.1. The highest BCUT2D eigenvalue weighted by molar-refractivity contribution is 9.10. The molecule has 0 bridgehead atoms. The Bertz CT molecular complexity index is 488. The van der Waals surface area contributed by atoms with Crippen LogP contribution in [0, 0.1) is 0 Å². The summed E-state index contributed by atoms with van der Waals surface area (Å²) in [5.74, 6) is 0.636. The molecule has 1 aromatic rings. The van der Waals surface area contributed by atoms with Crippen LogP contribution >= 0.6 is 15.9 Å². The van der Waals surface area contributed by atoms with Crippen molar-refractivity contribution in [2.45, 2.75) is 20.3 Å². The number of rotatable bonds is 6. The zero-order valence-electron chi connectivity index (χ0n) is 11.8. The second kappa shape index (κ2) is 8.58. The van der Waals surface area contributed by atoms with Crippen LogP contribution in [-0.2, 0) is 14.3 Å². The first-order valence-corrected chi connectivity index (χ1v) is 7.09. The smallest absolute Gasteiger partial charge is 0.315 e. The van der Waals surface area contributed by atoms with Crippen LogP contribution in [-0.4, -0.2) is 32.2 Å². The monoisotopic (exact) mass is 343 g/mol. The molecule has 0 spiro atoms. The van der Waals surface area contributed by atoms with E-state index in [0.717, 1.165) is 4.47 Å². The van der Waals surface area contributed by atoms with Gasteiger partial charge in [0, 0.05) is 6.07 Å². The Hall–Kier alpha value is -1.56. The van der Waals surface area contributed by atoms with Gasteiger partial charge in [-0.2, -0.15) is 0 Å². The van der Waals surface area contributed by atoms with Crippen molar-refractivity contribution in [2.24, 2.45) is 4.99 Å². The van der Waals surface area contributed by atoms with Gasteiger partial charge in [0.1, 0.15) is 12.2 Å². The average molecular weight is 344 g/mol.